The number of pyridine rings is 1. The third-order valence-corrected chi connectivity index (χ3v) is 3.11. The standard InChI is InChI=1S/C15H15F3N2O3/c1-11-4-5-19(13(21)7-11)9-14(22)20(10-15(16,17)18)8-12-3-2-6-23-12/h2-7H,8-10H2,1H3. The molecule has 124 valence electrons. The van der Waals surface area contributed by atoms with E-state index in [2.05, 4.69) is 0 Å². The van der Waals surface area contributed by atoms with Crippen molar-refractivity contribution in [3.63, 3.8) is 0 Å². The van der Waals surface area contributed by atoms with Gasteiger partial charge in [-0.2, -0.15) is 13.2 Å². The van der Waals surface area contributed by atoms with Crippen LogP contribution in [0.1, 0.15) is 11.3 Å². The molecule has 0 aliphatic rings. The lowest BCUT2D eigenvalue weighted by molar-refractivity contribution is -0.163. The average Bonchev–Trinajstić information content (AvgIpc) is 2.92. The number of hydrogen-bond acceptors (Lipinski definition) is 3. The van der Waals surface area contributed by atoms with E-state index in [9.17, 15) is 22.8 Å². The van der Waals surface area contributed by atoms with Crippen molar-refractivity contribution >= 4 is 5.91 Å². The predicted molar refractivity (Wildman–Crippen MR) is 75.6 cm³/mol. The van der Waals surface area contributed by atoms with E-state index < -0.39 is 30.7 Å². The summed E-state index contributed by atoms with van der Waals surface area (Å²) in [5.41, 5.74) is 0.268. The lowest BCUT2D eigenvalue weighted by Gasteiger charge is -2.23. The van der Waals surface area contributed by atoms with Crippen LogP contribution in [0.5, 0.6) is 0 Å². The van der Waals surface area contributed by atoms with Crippen molar-refractivity contribution < 1.29 is 22.4 Å². The highest BCUT2D eigenvalue weighted by atomic mass is 19.4. The minimum atomic E-state index is -4.54. The van der Waals surface area contributed by atoms with E-state index in [1.54, 1.807) is 13.0 Å². The molecule has 0 saturated carbocycles. The molecule has 0 aromatic carbocycles. The Bertz CT molecular complexity index is 720. The van der Waals surface area contributed by atoms with Crippen LogP contribution in [0.2, 0.25) is 0 Å². The zero-order valence-corrected chi connectivity index (χ0v) is 12.3. The van der Waals surface area contributed by atoms with Gasteiger partial charge in [0.2, 0.25) is 5.91 Å². The molecule has 0 fully saturated rings. The molecule has 0 unspecified atom stereocenters. The highest BCUT2D eigenvalue weighted by Gasteiger charge is 2.33. The maximum atomic E-state index is 12.7. The fourth-order valence-electron chi connectivity index (χ4n) is 2.02. The van der Waals surface area contributed by atoms with Crippen molar-refractivity contribution in [3.8, 4) is 0 Å². The van der Waals surface area contributed by atoms with Crippen molar-refractivity contribution in [1.29, 1.82) is 0 Å². The Hall–Kier alpha value is -2.51. The Labute approximate surface area is 129 Å². The smallest absolute Gasteiger partial charge is 0.406 e. The summed E-state index contributed by atoms with van der Waals surface area (Å²) in [5, 5.41) is 0. The number of carbonyl (C=O) groups excluding carboxylic acids is 1. The quantitative estimate of drug-likeness (QED) is 0.846. The molecule has 5 nitrogen and oxygen atoms in total. The van der Waals surface area contributed by atoms with Crippen LogP contribution < -0.4 is 5.56 Å². The van der Waals surface area contributed by atoms with Crippen LogP contribution >= 0.6 is 0 Å². The van der Waals surface area contributed by atoms with Gasteiger partial charge in [-0.1, -0.05) is 0 Å². The maximum absolute atomic E-state index is 12.7. The van der Waals surface area contributed by atoms with Gasteiger partial charge in [-0.25, -0.2) is 0 Å². The van der Waals surface area contributed by atoms with Crippen molar-refractivity contribution in [2.45, 2.75) is 26.2 Å². The minimum Gasteiger partial charge on any atom is -0.467 e. The predicted octanol–water partition coefficient (Wildman–Crippen LogP) is 2.34. The maximum Gasteiger partial charge on any atom is 0.406 e. The molecule has 8 heteroatoms. The van der Waals surface area contributed by atoms with Crippen LogP contribution in [0.4, 0.5) is 13.2 Å². The molecular weight excluding hydrogens is 313 g/mol. The average molecular weight is 328 g/mol. The lowest BCUT2D eigenvalue weighted by Crippen LogP contribution is -2.41. The van der Waals surface area contributed by atoms with E-state index >= 15 is 0 Å². The molecule has 0 saturated heterocycles. The van der Waals surface area contributed by atoms with Crippen LogP contribution in [0.25, 0.3) is 0 Å². The second-order valence-electron chi connectivity index (χ2n) is 5.11. The van der Waals surface area contributed by atoms with Crippen molar-refractivity contribution in [2.75, 3.05) is 6.54 Å². The summed E-state index contributed by atoms with van der Waals surface area (Å²) >= 11 is 0. The Morgan fingerprint density at radius 3 is 2.65 bits per heavy atom. The normalized spacial score (nSPS) is 11.5. The summed E-state index contributed by atoms with van der Waals surface area (Å²) in [6.07, 6.45) is -1.84. The number of furan rings is 1. The molecule has 0 radical (unpaired) electrons. The topological polar surface area (TPSA) is 55.5 Å². The van der Waals surface area contributed by atoms with Crippen LogP contribution in [0.3, 0.4) is 0 Å². The van der Waals surface area contributed by atoms with E-state index in [1.165, 1.54) is 30.7 Å². The van der Waals surface area contributed by atoms with Crippen LogP contribution in [-0.4, -0.2) is 28.1 Å². The molecule has 2 aromatic heterocycles. The number of rotatable bonds is 5. The molecule has 23 heavy (non-hydrogen) atoms. The third-order valence-electron chi connectivity index (χ3n) is 3.11. The fourth-order valence-corrected chi connectivity index (χ4v) is 2.02. The summed E-state index contributed by atoms with van der Waals surface area (Å²) in [7, 11) is 0. The van der Waals surface area contributed by atoms with Gasteiger partial charge >= 0.3 is 6.18 Å². The van der Waals surface area contributed by atoms with Crippen molar-refractivity contribution in [2.24, 2.45) is 0 Å². The number of aryl methyl sites for hydroxylation is 1. The van der Waals surface area contributed by atoms with Gasteiger partial charge in [0.15, 0.2) is 0 Å². The van der Waals surface area contributed by atoms with Gasteiger partial charge < -0.3 is 13.9 Å². The first-order valence-corrected chi connectivity index (χ1v) is 6.78. The first-order chi connectivity index (χ1) is 10.7. The van der Waals surface area contributed by atoms with Gasteiger partial charge in [-0.15, -0.1) is 0 Å². The molecule has 2 heterocycles. The number of carbonyl (C=O) groups is 1. The van der Waals surface area contributed by atoms with E-state index in [-0.39, 0.29) is 12.3 Å². The Morgan fingerprint density at radius 2 is 2.09 bits per heavy atom. The molecule has 0 atom stereocenters. The summed E-state index contributed by atoms with van der Waals surface area (Å²) < 4.78 is 44.1. The van der Waals surface area contributed by atoms with Crippen LogP contribution in [0.15, 0.2) is 45.9 Å². The molecule has 0 N–H and O–H groups in total. The Kier molecular flexibility index (Phi) is 4.92. The zero-order valence-electron chi connectivity index (χ0n) is 12.3. The van der Waals surface area contributed by atoms with Gasteiger partial charge in [0.25, 0.3) is 5.56 Å². The first-order valence-electron chi connectivity index (χ1n) is 6.78. The summed E-state index contributed by atoms with van der Waals surface area (Å²) in [4.78, 5) is 24.5. The van der Waals surface area contributed by atoms with Crippen molar-refractivity contribution in [1.82, 2.24) is 9.47 Å². The van der Waals surface area contributed by atoms with Gasteiger partial charge in [0, 0.05) is 12.3 Å². The zero-order chi connectivity index (χ0) is 17.0. The van der Waals surface area contributed by atoms with Crippen LogP contribution in [-0.2, 0) is 17.9 Å². The molecule has 0 aliphatic heterocycles. The molecule has 0 aliphatic carbocycles. The summed E-state index contributed by atoms with van der Waals surface area (Å²) in [6, 6.07) is 5.92. The number of alkyl halides is 3. The molecule has 2 aromatic rings. The Balaban J connectivity index is 2.16. The number of aromatic nitrogens is 1. The molecule has 1 amide bonds. The van der Waals surface area contributed by atoms with Crippen molar-refractivity contribution in [3.05, 3.63) is 58.4 Å². The number of amides is 1. The molecule has 0 spiro atoms. The van der Waals surface area contributed by atoms with E-state index in [0.717, 1.165) is 4.57 Å². The summed E-state index contributed by atoms with van der Waals surface area (Å²) in [5.74, 6) is -0.580. The number of halogens is 3. The van der Waals surface area contributed by atoms with E-state index in [4.69, 9.17) is 4.42 Å². The van der Waals surface area contributed by atoms with E-state index in [1.807, 2.05) is 0 Å². The number of nitrogens with zero attached hydrogens (tertiary/aromatic N) is 2. The van der Waals surface area contributed by atoms with Gasteiger partial charge in [-0.3, -0.25) is 9.59 Å². The minimum absolute atomic E-state index is 0.235. The second kappa shape index (κ2) is 6.72. The highest BCUT2D eigenvalue weighted by molar-refractivity contribution is 5.76. The summed E-state index contributed by atoms with van der Waals surface area (Å²) in [6.45, 7) is -0.477. The molecular formula is C15H15F3N2O3. The molecule has 0 bridgehead atoms. The van der Waals surface area contributed by atoms with Gasteiger partial charge in [0.1, 0.15) is 18.8 Å². The Morgan fingerprint density at radius 1 is 1.35 bits per heavy atom. The first kappa shape index (κ1) is 16.9. The van der Waals surface area contributed by atoms with Crippen LogP contribution in [0, 0.1) is 6.92 Å². The lowest BCUT2D eigenvalue weighted by atomic mass is 10.3. The fraction of sp³-hybridized carbons (Fsp3) is 0.333. The monoisotopic (exact) mass is 328 g/mol. The highest BCUT2D eigenvalue weighted by Crippen LogP contribution is 2.18. The SMILES string of the molecule is Cc1ccn(CC(=O)N(Cc2ccco2)CC(F)(F)F)c(=O)c1. The number of hydrogen-bond donors (Lipinski definition) is 0. The second-order valence-corrected chi connectivity index (χ2v) is 5.11. The van der Waals surface area contributed by atoms with Gasteiger partial charge in [0.05, 0.1) is 12.8 Å². The van der Waals surface area contributed by atoms with Gasteiger partial charge in [-0.05, 0) is 30.7 Å². The molecule has 2 rings (SSSR count). The van der Waals surface area contributed by atoms with E-state index in [0.29, 0.717) is 10.5 Å². The largest absolute Gasteiger partial charge is 0.467 e. The third kappa shape index (κ3) is 5.01.